The molecule has 0 saturated carbocycles. The molecular weight excluding hydrogens is 376 g/mol. The highest BCUT2D eigenvalue weighted by Gasteiger charge is 2.08. The molecule has 0 atom stereocenters. The smallest absolute Gasteiger partial charge is 0.250 e. The quantitative estimate of drug-likeness (QED) is 0.297. The summed E-state index contributed by atoms with van der Waals surface area (Å²) in [5.41, 5.74) is 5.73. The number of para-hydroxylation sites is 2. The molecule has 0 bridgehead atoms. The molecule has 5 nitrogen and oxygen atoms in total. The predicted molar refractivity (Wildman–Crippen MR) is 114 cm³/mol. The zero-order valence-corrected chi connectivity index (χ0v) is 16.4. The monoisotopic (exact) mass is 394 g/mol. The Kier molecular flexibility index (Phi) is 5.22. The molecule has 27 heavy (non-hydrogen) atoms. The van der Waals surface area contributed by atoms with Crippen molar-refractivity contribution in [3.8, 4) is 0 Å². The number of nitrogens with one attached hydrogen (secondary N) is 1. The minimum absolute atomic E-state index is 0.144. The minimum atomic E-state index is -0.144. The summed E-state index contributed by atoms with van der Waals surface area (Å²) in [6.07, 6.45) is 3.75. The Bertz CT molecular complexity index is 1100. The maximum Gasteiger partial charge on any atom is 0.250 e. The Morgan fingerprint density at radius 3 is 2.93 bits per heavy atom. The van der Waals surface area contributed by atoms with Crippen molar-refractivity contribution in [2.45, 2.75) is 17.8 Å². The molecule has 0 saturated heterocycles. The molecule has 0 aliphatic carbocycles. The van der Waals surface area contributed by atoms with Crippen molar-refractivity contribution in [1.82, 2.24) is 15.0 Å². The van der Waals surface area contributed by atoms with E-state index in [1.54, 1.807) is 17.6 Å². The van der Waals surface area contributed by atoms with Gasteiger partial charge in [-0.05, 0) is 25.1 Å². The van der Waals surface area contributed by atoms with Gasteiger partial charge in [-0.25, -0.2) is 10.4 Å². The number of benzene rings is 2. The van der Waals surface area contributed by atoms with E-state index in [2.05, 4.69) is 45.3 Å². The highest BCUT2D eigenvalue weighted by Crippen LogP contribution is 2.29. The Morgan fingerprint density at radius 2 is 2.07 bits per heavy atom. The van der Waals surface area contributed by atoms with Crippen LogP contribution in [0.2, 0.25) is 0 Å². The fourth-order valence-corrected chi connectivity index (χ4v) is 4.75. The van der Waals surface area contributed by atoms with Gasteiger partial charge in [0.2, 0.25) is 0 Å². The first-order chi connectivity index (χ1) is 13.2. The van der Waals surface area contributed by atoms with Crippen LogP contribution < -0.4 is 5.43 Å². The molecule has 2 aromatic carbocycles. The third kappa shape index (κ3) is 3.89. The van der Waals surface area contributed by atoms with E-state index in [1.807, 2.05) is 36.4 Å². The second kappa shape index (κ2) is 7.94. The van der Waals surface area contributed by atoms with Gasteiger partial charge in [0.1, 0.15) is 0 Å². The molecule has 0 spiro atoms. The first kappa shape index (κ1) is 17.8. The van der Waals surface area contributed by atoms with Crippen LogP contribution in [-0.4, -0.2) is 27.4 Å². The SMILES string of the molecule is CCn1cc(/C=N\NC(=O)CSc2nc3ccccc3s2)c2ccccc21. The van der Waals surface area contributed by atoms with Crippen molar-refractivity contribution < 1.29 is 4.79 Å². The number of thiazole rings is 1. The Labute approximate surface area is 165 Å². The number of thioether (sulfide) groups is 1. The Morgan fingerprint density at radius 1 is 1.26 bits per heavy atom. The van der Waals surface area contributed by atoms with Gasteiger partial charge in [0, 0.05) is 29.2 Å². The van der Waals surface area contributed by atoms with E-state index in [1.165, 1.54) is 17.3 Å². The lowest BCUT2D eigenvalue weighted by atomic mass is 10.2. The molecule has 1 N–H and O–H groups in total. The second-order valence-corrected chi connectivity index (χ2v) is 8.17. The lowest BCUT2D eigenvalue weighted by Crippen LogP contribution is -2.19. The van der Waals surface area contributed by atoms with Crippen molar-refractivity contribution in [2.75, 3.05) is 5.75 Å². The van der Waals surface area contributed by atoms with E-state index in [4.69, 9.17) is 0 Å². The van der Waals surface area contributed by atoms with Crippen LogP contribution in [0.25, 0.3) is 21.1 Å². The number of rotatable bonds is 6. The molecule has 0 aliphatic heterocycles. The van der Waals surface area contributed by atoms with Gasteiger partial charge in [0.25, 0.3) is 5.91 Å². The van der Waals surface area contributed by atoms with Gasteiger partial charge >= 0.3 is 0 Å². The number of carbonyl (C=O) groups excluding carboxylic acids is 1. The number of amides is 1. The summed E-state index contributed by atoms with van der Waals surface area (Å²) in [6.45, 7) is 2.99. The number of carbonyl (C=O) groups is 1. The molecule has 1 amide bonds. The fourth-order valence-electron chi connectivity index (χ4n) is 2.89. The van der Waals surface area contributed by atoms with Crippen molar-refractivity contribution in [1.29, 1.82) is 0 Å². The van der Waals surface area contributed by atoms with Crippen molar-refractivity contribution in [3.05, 3.63) is 60.3 Å². The van der Waals surface area contributed by atoms with Crippen molar-refractivity contribution in [3.63, 3.8) is 0 Å². The molecule has 4 rings (SSSR count). The number of aromatic nitrogens is 2. The van der Waals surface area contributed by atoms with Crippen molar-refractivity contribution >= 4 is 56.3 Å². The Balaban J connectivity index is 1.37. The molecule has 136 valence electrons. The largest absolute Gasteiger partial charge is 0.347 e. The fraction of sp³-hybridized carbons (Fsp3) is 0.150. The average Bonchev–Trinajstić information content (AvgIpc) is 3.27. The summed E-state index contributed by atoms with van der Waals surface area (Å²) >= 11 is 3.03. The summed E-state index contributed by atoms with van der Waals surface area (Å²) in [6, 6.07) is 16.2. The van der Waals surface area contributed by atoms with Crippen LogP contribution >= 0.6 is 23.1 Å². The normalized spacial score (nSPS) is 11.6. The average molecular weight is 395 g/mol. The number of fused-ring (bicyclic) bond motifs is 2. The predicted octanol–water partition coefficient (Wildman–Crippen LogP) is 4.51. The van der Waals surface area contributed by atoms with E-state index in [-0.39, 0.29) is 11.7 Å². The maximum atomic E-state index is 12.1. The first-order valence-corrected chi connectivity index (χ1v) is 10.4. The summed E-state index contributed by atoms with van der Waals surface area (Å²) in [4.78, 5) is 16.6. The zero-order valence-electron chi connectivity index (χ0n) is 14.8. The standard InChI is InChI=1S/C20H18N4OS2/c1-2-24-12-14(15-7-3-5-9-17(15)24)11-21-23-19(25)13-26-20-22-16-8-4-6-10-18(16)27-20/h3-12H,2,13H2,1H3,(H,23,25)/b21-11-. The topological polar surface area (TPSA) is 59.3 Å². The van der Waals surface area contributed by atoms with Gasteiger partial charge < -0.3 is 4.57 Å². The van der Waals surface area contributed by atoms with Gasteiger partial charge in [-0.15, -0.1) is 11.3 Å². The molecule has 0 radical (unpaired) electrons. The van der Waals surface area contributed by atoms with Crippen LogP contribution in [0.4, 0.5) is 0 Å². The van der Waals surface area contributed by atoms with Crippen LogP contribution in [0.3, 0.4) is 0 Å². The lowest BCUT2D eigenvalue weighted by Gasteiger charge is -1.98. The van der Waals surface area contributed by atoms with Gasteiger partial charge in [-0.3, -0.25) is 4.79 Å². The number of nitrogens with zero attached hydrogens (tertiary/aromatic N) is 3. The third-order valence-electron chi connectivity index (χ3n) is 4.15. The second-order valence-electron chi connectivity index (χ2n) is 5.92. The molecule has 0 unspecified atom stereocenters. The van der Waals surface area contributed by atoms with Crippen LogP contribution in [0, 0.1) is 0 Å². The van der Waals surface area contributed by atoms with E-state index in [0.717, 1.165) is 32.1 Å². The molecule has 4 aromatic rings. The van der Waals surface area contributed by atoms with Crippen LogP contribution in [0.5, 0.6) is 0 Å². The number of hydrazone groups is 1. The van der Waals surface area contributed by atoms with Crippen LogP contribution in [-0.2, 0) is 11.3 Å². The number of hydrogen-bond acceptors (Lipinski definition) is 5. The molecule has 2 aromatic heterocycles. The molecule has 7 heteroatoms. The number of aryl methyl sites for hydroxylation is 1. The molecule has 0 fully saturated rings. The van der Waals surface area contributed by atoms with Gasteiger partial charge in [0.15, 0.2) is 4.34 Å². The molecule has 0 aliphatic rings. The lowest BCUT2D eigenvalue weighted by molar-refractivity contribution is -0.118. The van der Waals surface area contributed by atoms with Crippen molar-refractivity contribution in [2.24, 2.45) is 5.10 Å². The van der Waals surface area contributed by atoms with E-state index >= 15 is 0 Å². The van der Waals surface area contributed by atoms with E-state index in [9.17, 15) is 4.79 Å². The van der Waals surface area contributed by atoms with Gasteiger partial charge in [-0.1, -0.05) is 42.1 Å². The maximum absolute atomic E-state index is 12.1. The first-order valence-electron chi connectivity index (χ1n) is 8.62. The van der Waals surface area contributed by atoms with E-state index in [0.29, 0.717) is 0 Å². The van der Waals surface area contributed by atoms with Gasteiger partial charge in [-0.2, -0.15) is 5.10 Å². The van der Waals surface area contributed by atoms with E-state index < -0.39 is 0 Å². The third-order valence-corrected chi connectivity index (χ3v) is 6.33. The van der Waals surface area contributed by atoms with Crippen LogP contribution in [0.1, 0.15) is 12.5 Å². The van der Waals surface area contributed by atoms with Crippen LogP contribution in [0.15, 0.2) is 64.2 Å². The van der Waals surface area contributed by atoms with Gasteiger partial charge in [0.05, 0.1) is 22.2 Å². The number of hydrogen-bond donors (Lipinski definition) is 1. The summed E-state index contributed by atoms with van der Waals surface area (Å²) in [5, 5.41) is 5.25. The molecular formula is C20H18N4OS2. The summed E-state index contributed by atoms with van der Waals surface area (Å²) in [5.74, 6) is 0.142. The summed E-state index contributed by atoms with van der Waals surface area (Å²) < 4.78 is 4.19. The zero-order chi connectivity index (χ0) is 18.6. The highest BCUT2D eigenvalue weighted by atomic mass is 32.2. The highest BCUT2D eigenvalue weighted by molar-refractivity contribution is 8.01. The minimum Gasteiger partial charge on any atom is -0.347 e. The Hall–Kier alpha value is -2.64. The molecule has 2 heterocycles. The summed E-state index contributed by atoms with van der Waals surface area (Å²) in [7, 11) is 0.